The molecule has 4 nitrogen and oxygen atoms in total. The molecule has 0 radical (unpaired) electrons. The summed E-state index contributed by atoms with van der Waals surface area (Å²) in [5.74, 6) is 1.08. The van der Waals surface area contributed by atoms with Crippen LogP contribution in [0.2, 0.25) is 0 Å². The lowest BCUT2D eigenvalue weighted by Gasteiger charge is -2.22. The molecule has 2 N–H and O–H groups in total. The average molecular weight is 274 g/mol. The van der Waals surface area contributed by atoms with Crippen molar-refractivity contribution in [2.24, 2.45) is 5.92 Å². The van der Waals surface area contributed by atoms with Crippen molar-refractivity contribution in [1.82, 2.24) is 10.6 Å². The molecule has 1 amide bonds. The summed E-state index contributed by atoms with van der Waals surface area (Å²) >= 11 is 1.77. The molecule has 3 atom stereocenters. The summed E-state index contributed by atoms with van der Waals surface area (Å²) in [6, 6.07) is 0.455. The Morgan fingerprint density at radius 2 is 2.22 bits per heavy atom. The van der Waals surface area contributed by atoms with E-state index in [2.05, 4.69) is 30.7 Å². The molecule has 106 valence electrons. The second-order valence-corrected chi connectivity index (χ2v) is 5.68. The van der Waals surface area contributed by atoms with Gasteiger partial charge in [-0.15, -0.1) is 0 Å². The summed E-state index contributed by atoms with van der Waals surface area (Å²) in [4.78, 5) is 12.2. The molecule has 5 heteroatoms. The highest BCUT2D eigenvalue weighted by Crippen LogP contribution is 2.15. The smallest absolute Gasteiger partial charge is 0.227 e. The zero-order valence-electron chi connectivity index (χ0n) is 11.7. The van der Waals surface area contributed by atoms with E-state index < -0.39 is 0 Å². The van der Waals surface area contributed by atoms with Crippen LogP contribution in [0.15, 0.2) is 0 Å². The van der Waals surface area contributed by atoms with Crippen LogP contribution in [0.3, 0.4) is 0 Å². The van der Waals surface area contributed by atoms with Crippen molar-refractivity contribution in [3.8, 4) is 0 Å². The fraction of sp³-hybridized carbons (Fsp3) is 0.923. The number of hydrogen-bond acceptors (Lipinski definition) is 4. The minimum atomic E-state index is -0.0348. The lowest BCUT2D eigenvalue weighted by molar-refractivity contribution is -0.126. The van der Waals surface area contributed by atoms with E-state index in [1.54, 1.807) is 11.8 Å². The van der Waals surface area contributed by atoms with E-state index in [1.165, 1.54) is 0 Å². The number of hydrogen-bond donors (Lipinski definition) is 2. The topological polar surface area (TPSA) is 50.4 Å². The Balaban J connectivity index is 2.43. The molecule has 1 heterocycles. The van der Waals surface area contributed by atoms with Gasteiger partial charge in [0, 0.05) is 17.8 Å². The normalized spacial score (nSPS) is 25.1. The van der Waals surface area contributed by atoms with Crippen LogP contribution in [0.1, 0.15) is 26.7 Å². The monoisotopic (exact) mass is 274 g/mol. The van der Waals surface area contributed by atoms with Crippen molar-refractivity contribution in [2.75, 3.05) is 31.8 Å². The number of carbonyl (C=O) groups excluding carboxylic acids is 1. The van der Waals surface area contributed by atoms with E-state index in [9.17, 15) is 4.79 Å². The van der Waals surface area contributed by atoms with Crippen LogP contribution in [-0.2, 0) is 9.53 Å². The lowest BCUT2D eigenvalue weighted by atomic mass is 10.0. The molecular formula is C13H26N2O2S. The van der Waals surface area contributed by atoms with Gasteiger partial charge in [0.05, 0.1) is 19.1 Å². The summed E-state index contributed by atoms with van der Waals surface area (Å²) in [5, 5.41) is 6.53. The van der Waals surface area contributed by atoms with Gasteiger partial charge in [0.15, 0.2) is 0 Å². The van der Waals surface area contributed by atoms with Crippen LogP contribution in [0.25, 0.3) is 0 Å². The Kier molecular flexibility index (Phi) is 7.70. The summed E-state index contributed by atoms with van der Waals surface area (Å²) < 4.78 is 5.43. The second-order valence-electron chi connectivity index (χ2n) is 4.77. The molecule has 0 aromatic carbocycles. The molecule has 1 fully saturated rings. The minimum absolute atomic E-state index is 0.0348. The largest absolute Gasteiger partial charge is 0.379 e. The van der Waals surface area contributed by atoms with Crippen LogP contribution < -0.4 is 10.6 Å². The maximum absolute atomic E-state index is 12.2. The number of thioether (sulfide) groups is 1. The second kappa shape index (κ2) is 8.77. The Morgan fingerprint density at radius 3 is 2.83 bits per heavy atom. The third kappa shape index (κ3) is 4.78. The van der Waals surface area contributed by atoms with Crippen LogP contribution in [0.5, 0.6) is 0 Å². The molecule has 1 rings (SSSR count). The SMILES string of the molecule is CCCNC1COCC1C(=O)NC(CC)CSC. The minimum Gasteiger partial charge on any atom is -0.379 e. The van der Waals surface area contributed by atoms with Crippen molar-refractivity contribution < 1.29 is 9.53 Å². The van der Waals surface area contributed by atoms with Crippen molar-refractivity contribution in [3.63, 3.8) is 0 Å². The van der Waals surface area contributed by atoms with Crippen molar-refractivity contribution >= 4 is 17.7 Å². The first-order valence-electron chi connectivity index (χ1n) is 6.83. The molecule has 3 unspecified atom stereocenters. The van der Waals surface area contributed by atoms with Crippen molar-refractivity contribution in [2.45, 2.75) is 38.8 Å². The highest BCUT2D eigenvalue weighted by molar-refractivity contribution is 7.98. The zero-order chi connectivity index (χ0) is 13.4. The standard InChI is InChI=1S/C13H26N2O2S/c1-4-6-14-12-8-17-7-11(12)13(16)15-10(5-2)9-18-3/h10-12,14H,4-9H2,1-3H3,(H,15,16). The quantitative estimate of drug-likeness (QED) is 0.699. The summed E-state index contributed by atoms with van der Waals surface area (Å²) in [7, 11) is 0. The van der Waals surface area contributed by atoms with Crippen LogP contribution in [0, 0.1) is 5.92 Å². The third-order valence-corrected chi connectivity index (χ3v) is 4.02. The molecule has 1 aliphatic heterocycles. The Bertz CT molecular complexity index is 251. The molecule has 1 saturated heterocycles. The summed E-state index contributed by atoms with van der Waals surface area (Å²) in [5.41, 5.74) is 0. The number of amides is 1. The lowest BCUT2D eigenvalue weighted by Crippen LogP contribution is -2.47. The van der Waals surface area contributed by atoms with Gasteiger partial charge in [-0.2, -0.15) is 11.8 Å². The Morgan fingerprint density at radius 1 is 1.44 bits per heavy atom. The average Bonchev–Trinajstić information content (AvgIpc) is 2.84. The highest BCUT2D eigenvalue weighted by atomic mass is 32.2. The van der Waals surface area contributed by atoms with Gasteiger partial charge in [0.2, 0.25) is 5.91 Å². The highest BCUT2D eigenvalue weighted by Gasteiger charge is 2.34. The van der Waals surface area contributed by atoms with Gasteiger partial charge in [-0.3, -0.25) is 4.79 Å². The van der Waals surface area contributed by atoms with Crippen LogP contribution in [-0.4, -0.2) is 49.8 Å². The number of rotatable bonds is 8. The van der Waals surface area contributed by atoms with E-state index in [0.717, 1.165) is 25.1 Å². The van der Waals surface area contributed by atoms with E-state index in [-0.39, 0.29) is 23.9 Å². The first-order chi connectivity index (χ1) is 8.72. The first-order valence-corrected chi connectivity index (χ1v) is 8.22. The maximum atomic E-state index is 12.2. The maximum Gasteiger partial charge on any atom is 0.227 e. The summed E-state index contributed by atoms with van der Waals surface area (Å²) in [6.07, 6.45) is 4.13. The fourth-order valence-corrected chi connectivity index (χ4v) is 2.84. The molecule has 0 aromatic rings. The van der Waals surface area contributed by atoms with Crippen LogP contribution in [0.4, 0.5) is 0 Å². The van der Waals surface area contributed by atoms with Gasteiger partial charge in [-0.25, -0.2) is 0 Å². The first kappa shape index (κ1) is 15.8. The molecule has 0 bridgehead atoms. The summed E-state index contributed by atoms with van der Waals surface area (Å²) in [6.45, 7) is 6.38. The van der Waals surface area contributed by atoms with Crippen LogP contribution >= 0.6 is 11.8 Å². The predicted molar refractivity (Wildman–Crippen MR) is 77.0 cm³/mol. The third-order valence-electron chi connectivity index (χ3n) is 3.28. The zero-order valence-corrected chi connectivity index (χ0v) is 12.5. The van der Waals surface area contributed by atoms with E-state index in [1.807, 2.05) is 0 Å². The molecule has 18 heavy (non-hydrogen) atoms. The van der Waals surface area contributed by atoms with Gasteiger partial charge in [-0.05, 0) is 25.6 Å². The van der Waals surface area contributed by atoms with Gasteiger partial charge in [-0.1, -0.05) is 13.8 Å². The van der Waals surface area contributed by atoms with Gasteiger partial charge in [0.1, 0.15) is 0 Å². The van der Waals surface area contributed by atoms with Gasteiger partial charge >= 0.3 is 0 Å². The molecule has 0 aliphatic carbocycles. The Labute approximate surface area is 115 Å². The Hall–Kier alpha value is -0.260. The predicted octanol–water partition coefficient (Wildman–Crippen LogP) is 1.26. The van der Waals surface area contributed by atoms with Gasteiger partial charge < -0.3 is 15.4 Å². The molecule has 0 spiro atoms. The molecular weight excluding hydrogens is 248 g/mol. The number of ether oxygens (including phenoxy) is 1. The molecule has 1 aliphatic rings. The van der Waals surface area contributed by atoms with Gasteiger partial charge in [0.25, 0.3) is 0 Å². The fourth-order valence-electron chi connectivity index (χ4n) is 2.11. The van der Waals surface area contributed by atoms with E-state index in [4.69, 9.17) is 4.74 Å². The van der Waals surface area contributed by atoms with E-state index >= 15 is 0 Å². The van der Waals surface area contributed by atoms with Crippen molar-refractivity contribution in [1.29, 1.82) is 0 Å². The van der Waals surface area contributed by atoms with E-state index in [0.29, 0.717) is 13.2 Å². The molecule has 0 aromatic heterocycles. The number of nitrogens with one attached hydrogen (secondary N) is 2. The number of carbonyl (C=O) groups is 1. The van der Waals surface area contributed by atoms with Crippen molar-refractivity contribution in [3.05, 3.63) is 0 Å². The molecule has 0 saturated carbocycles.